The number of hydrogen-bond donors (Lipinski definition) is 0. The van der Waals surface area contributed by atoms with Crippen molar-refractivity contribution in [2.24, 2.45) is 5.92 Å². The number of fused-ring (bicyclic) bond motifs is 1. The third-order valence-electron chi connectivity index (χ3n) is 5.64. The van der Waals surface area contributed by atoms with Gasteiger partial charge in [0.05, 0.1) is 28.9 Å². The highest BCUT2D eigenvalue weighted by Gasteiger charge is 2.36. The third-order valence-corrected chi connectivity index (χ3v) is 5.64. The molecular weight excluding hydrogens is 354 g/mol. The molecule has 1 saturated heterocycles. The summed E-state index contributed by atoms with van der Waals surface area (Å²) in [7, 11) is 0. The lowest BCUT2D eigenvalue weighted by atomic mass is 10.0. The first-order chi connectivity index (χ1) is 13.7. The minimum atomic E-state index is 0.0466. The quantitative estimate of drug-likeness (QED) is 0.676. The monoisotopic (exact) mass is 377 g/mol. The Bertz CT molecular complexity index is 1000. The van der Waals surface area contributed by atoms with Gasteiger partial charge >= 0.3 is 0 Å². The molecule has 1 unspecified atom stereocenters. The first-order valence-corrected chi connectivity index (χ1v) is 9.92. The van der Waals surface area contributed by atoms with Crippen LogP contribution in [0.15, 0.2) is 40.9 Å². The lowest BCUT2D eigenvalue weighted by Crippen LogP contribution is -2.37. The predicted molar refractivity (Wildman–Crippen MR) is 105 cm³/mol. The topological polar surface area (TPSA) is 68.5 Å². The van der Waals surface area contributed by atoms with Crippen molar-refractivity contribution < 1.29 is 14.1 Å². The van der Waals surface area contributed by atoms with Crippen molar-refractivity contribution >= 4 is 17.0 Å². The van der Waals surface area contributed by atoms with Gasteiger partial charge in [-0.1, -0.05) is 35.5 Å². The Labute approximate surface area is 163 Å². The second-order valence-electron chi connectivity index (χ2n) is 7.79. The summed E-state index contributed by atoms with van der Waals surface area (Å²) in [5, 5.41) is 4.79. The van der Waals surface area contributed by atoms with E-state index in [0.717, 1.165) is 55.7 Å². The number of pyridine rings is 1. The van der Waals surface area contributed by atoms with Crippen LogP contribution in [-0.4, -0.2) is 46.7 Å². The van der Waals surface area contributed by atoms with E-state index >= 15 is 0 Å². The molecule has 1 aliphatic heterocycles. The highest BCUT2D eigenvalue weighted by Crippen LogP contribution is 2.33. The van der Waals surface area contributed by atoms with Crippen molar-refractivity contribution in [3.05, 3.63) is 47.7 Å². The minimum absolute atomic E-state index is 0.0466. The fraction of sp³-hybridized carbons (Fsp3) is 0.409. The van der Waals surface area contributed by atoms with Gasteiger partial charge in [0.25, 0.3) is 11.6 Å². The van der Waals surface area contributed by atoms with Crippen molar-refractivity contribution in [3.63, 3.8) is 0 Å². The summed E-state index contributed by atoms with van der Waals surface area (Å²) in [5.74, 6) is 0.462. The fourth-order valence-corrected chi connectivity index (χ4v) is 3.96. The van der Waals surface area contributed by atoms with Crippen LogP contribution in [0, 0.1) is 12.8 Å². The molecule has 6 heteroatoms. The number of rotatable bonds is 5. The molecule has 6 nitrogen and oxygen atoms in total. The highest BCUT2D eigenvalue weighted by molar-refractivity contribution is 6.07. The van der Waals surface area contributed by atoms with Gasteiger partial charge in [-0.3, -0.25) is 4.79 Å². The molecule has 2 fully saturated rings. The molecule has 5 rings (SSSR count). The number of benzene rings is 1. The maximum absolute atomic E-state index is 13.6. The van der Waals surface area contributed by atoms with Crippen molar-refractivity contribution in [1.29, 1.82) is 0 Å². The lowest BCUT2D eigenvalue weighted by Gasteiger charge is -2.25. The van der Waals surface area contributed by atoms with E-state index in [1.54, 1.807) is 0 Å². The third kappa shape index (κ3) is 3.18. The first kappa shape index (κ1) is 17.4. The molecule has 1 aromatic carbocycles. The number of carbonyl (C=O) groups is 1. The summed E-state index contributed by atoms with van der Waals surface area (Å²) in [5.41, 5.74) is 3.43. The second-order valence-corrected chi connectivity index (χ2v) is 7.79. The average molecular weight is 377 g/mol. The van der Waals surface area contributed by atoms with E-state index in [4.69, 9.17) is 9.26 Å². The molecule has 1 aliphatic carbocycles. The molecule has 144 valence electrons. The van der Waals surface area contributed by atoms with Gasteiger partial charge in [-0.25, -0.2) is 4.98 Å². The molecule has 3 heterocycles. The molecule has 3 aromatic rings. The number of aryl methyl sites for hydroxylation is 1. The zero-order valence-corrected chi connectivity index (χ0v) is 15.9. The van der Waals surface area contributed by atoms with E-state index in [1.807, 2.05) is 48.2 Å². The Morgan fingerprint density at radius 2 is 2.04 bits per heavy atom. The maximum Gasteiger partial charge on any atom is 0.259 e. The summed E-state index contributed by atoms with van der Waals surface area (Å²) < 4.78 is 11.0. The fourth-order valence-electron chi connectivity index (χ4n) is 3.96. The number of nitrogens with zero attached hydrogens (tertiary/aromatic N) is 3. The van der Waals surface area contributed by atoms with Crippen molar-refractivity contribution in [3.8, 4) is 11.3 Å². The van der Waals surface area contributed by atoms with Gasteiger partial charge in [-0.15, -0.1) is 0 Å². The van der Waals surface area contributed by atoms with Crippen molar-refractivity contribution in [1.82, 2.24) is 15.0 Å². The van der Waals surface area contributed by atoms with Crippen LogP contribution in [0.2, 0.25) is 0 Å². The van der Waals surface area contributed by atoms with Gasteiger partial charge in [-0.2, -0.15) is 0 Å². The molecule has 1 atom stereocenters. The van der Waals surface area contributed by atoms with Crippen LogP contribution >= 0.6 is 0 Å². The van der Waals surface area contributed by atoms with E-state index in [2.05, 4.69) is 10.1 Å². The van der Waals surface area contributed by atoms with Gasteiger partial charge < -0.3 is 14.2 Å². The molecule has 0 bridgehead atoms. The van der Waals surface area contributed by atoms with Gasteiger partial charge in [0.15, 0.2) is 0 Å². The predicted octanol–water partition coefficient (Wildman–Crippen LogP) is 3.84. The summed E-state index contributed by atoms with van der Waals surface area (Å²) in [4.78, 5) is 20.3. The Kier molecular flexibility index (Phi) is 4.36. The van der Waals surface area contributed by atoms with Crippen LogP contribution in [0.25, 0.3) is 22.4 Å². The van der Waals surface area contributed by atoms with Gasteiger partial charge in [-0.05, 0) is 32.3 Å². The van der Waals surface area contributed by atoms with Crippen LogP contribution in [0.4, 0.5) is 0 Å². The lowest BCUT2D eigenvalue weighted by molar-refractivity contribution is 0.0708. The molecule has 0 N–H and O–H groups in total. The number of ether oxygens (including phenoxy) is 1. The highest BCUT2D eigenvalue weighted by atomic mass is 16.5. The van der Waals surface area contributed by atoms with Crippen LogP contribution in [-0.2, 0) is 4.74 Å². The largest absolute Gasteiger partial charge is 0.381 e. The minimum Gasteiger partial charge on any atom is -0.381 e. The molecule has 2 aromatic heterocycles. The molecular formula is C22H23N3O3. The van der Waals surface area contributed by atoms with E-state index in [1.165, 1.54) is 0 Å². The van der Waals surface area contributed by atoms with Gasteiger partial charge in [0.2, 0.25) is 0 Å². The molecule has 28 heavy (non-hydrogen) atoms. The van der Waals surface area contributed by atoms with Crippen LogP contribution in [0.5, 0.6) is 0 Å². The number of aromatic nitrogens is 2. The van der Waals surface area contributed by atoms with Gasteiger partial charge in [0, 0.05) is 30.7 Å². The molecule has 1 amide bonds. The zero-order chi connectivity index (χ0) is 19.1. The molecule has 2 aliphatic rings. The number of carbonyl (C=O) groups excluding carboxylic acids is 1. The molecule has 0 radical (unpaired) electrons. The number of hydrogen-bond acceptors (Lipinski definition) is 5. The summed E-state index contributed by atoms with van der Waals surface area (Å²) in [6.07, 6.45) is 3.16. The Morgan fingerprint density at radius 3 is 2.75 bits per heavy atom. The normalized spacial score (nSPS) is 19.2. The second kappa shape index (κ2) is 7.02. The summed E-state index contributed by atoms with van der Waals surface area (Å²) in [6.45, 7) is 4.14. The van der Waals surface area contributed by atoms with Crippen LogP contribution < -0.4 is 0 Å². The van der Waals surface area contributed by atoms with Gasteiger partial charge in [0.1, 0.15) is 0 Å². The maximum atomic E-state index is 13.6. The smallest absolute Gasteiger partial charge is 0.259 e. The standard InChI is InChI=1S/C22H23N3O3/c1-14-20-18(22(26)25(17-7-8-17)12-15-9-10-27-13-15)11-19(23-21(20)28-24-14)16-5-3-2-4-6-16/h2-6,11,15,17H,7-10,12-13H2,1H3. The Balaban J connectivity index is 1.57. The zero-order valence-electron chi connectivity index (χ0n) is 15.9. The Hall–Kier alpha value is -2.73. The summed E-state index contributed by atoms with van der Waals surface area (Å²) in [6, 6.07) is 12.1. The van der Waals surface area contributed by atoms with Crippen LogP contribution in [0.1, 0.15) is 35.3 Å². The average Bonchev–Trinajstić information content (AvgIpc) is 3.31. The van der Waals surface area contributed by atoms with E-state index in [0.29, 0.717) is 28.9 Å². The number of amides is 1. The SMILES string of the molecule is Cc1noc2nc(-c3ccccc3)cc(C(=O)N(CC3CCOC3)C3CC3)c12. The first-order valence-electron chi connectivity index (χ1n) is 9.92. The van der Waals surface area contributed by atoms with E-state index < -0.39 is 0 Å². The summed E-state index contributed by atoms with van der Waals surface area (Å²) >= 11 is 0. The van der Waals surface area contributed by atoms with E-state index in [-0.39, 0.29) is 5.91 Å². The molecule has 1 saturated carbocycles. The van der Waals surface area contributed by atoms with Crippen molar-refractivity contribution in [2.75, 3.05) is 19.8 Å². The molecule has 0 spiro atoms. The van der Waals surface area contributed by atoms with Crippen LogP contribution in [0.3, 0.4) is 0 Å². The Morgan fingerprint density at radius 1 is 1.21 bits per heavy atom. The van der Waals surface area contributed by atoms with Crippen molar-refractivity contribution in [2.45, 2.75) is 32.2 Å². The van der Waals surface area contributed by atoms with E-state index in [9.17, 15) is 4.79 Å².